The van der Waals surface area contributed by atoms with Crippen LogP contribution in [0, 0.1) is 0 Å². The lowest BCUT2D eigenvalue weighted by Crippen LogP contribution is -2.38. The average Bonchev–Trinajstić information content (AvgIpc) is 2.71. The third kappa shape index (κ3) is 9.34. The molecule has 0 aliphatic rings. The van der Waals surface area contributed by atoms with Gasteiger partial charge in [0.15, 0.2) is 17.5 Å². The van der Waals surface area contributed by atoms with Crippen molar-refractivity contribution in [3.8, 4) is 11.5 Å². The van der Waals surface area contributed by atoms with Crippen LogP contribution < -0.4 is 20.1 Å². The molecule has 29 heavy (non-hydrogen) atoms. The number of benzene rings is 1. The second-order valence-electron chi connectivity index (χ2n) is 6.16. The van der Waals surface area contributed by atoms with Crippen molar-refractivity contribution in [3.05, 3.63) is 53.9 Å². The van der Waals surface area contributed by atoms with Crippen LogP contribution in [0.15, 0.2) is 47.6 Å². The summed E-state index contributed by atoms with van der Waals surface area (Å²) in [6.07, 6.45) is 3.51. The van der Waals surface area contributed by atoms with Crippen LogP contribution in [-0.4, -0.2) is 43.8 Å². The van der Waals surface area contributed by atoms with Crippen molar-refractivity contribution >= 4 is 29.9 Å². The lowest BCUT2D eigenvalue weighted by Gasteiger charge is -2.14. The van der Waals surface area contributed by atoms with E-state index in [4.69, 9.17) is 9.47 Å². The van der Waals surface area contributed by atoms with E-state index < -0.39 is 0 Å². The van der Waals surface area contributed by atoms with Gasteiger partial charge in [0.2, 0.25) is 0 Å². The van der Waals surface area contributed by atoms with E-state index in [1.807, 2.05) is 44.3 Å². The molecular formula is C22H33IN4O2. The first-order valence-corrected chi connectivity index (χ1v) is 10.1. The van der Waals surface area contributed by atoms with Crippen molar-refractivity contribution in [1.82, 2.24) is 15.6 Å². The fourth-order valence-electron chi connectivity index (χ4n) is 2.75. The molecule has 160 valence electrons. The van der Waals surface area contributed by atoms with Crippen molar-refractivity contribution in [2.75, 3.05) is 32.8 Å². The Morgan fingerprint density at radius 3 is 2.45 bits per heavy atom. The predicted molar refractivity (Wildman–Crippen MR) is 130 cm³/mol. The van der Waals surface area contributed by atoms with Crippen LogP contribution >= 0.6 is 24.0 Å². The minimum atomic E-state index is 0. The summed E-state index contributed by atoms with van der Waals surface area (Å²) in [4.78, 5) is 8.97. The zero-order valence-corrected chi connectivity index (χ0v) is 19.9. The molecule has 0 aliphatic carbocycles. The molecule has 2 rings (SSSR count). The average molecular weight is 512 g/mol. The topological polar surface area (TPSA) is 67.8 Å². The number of rotatable bonds is 11. The number of nitrogens with zero attached hydrogens (tertiary/aromatic N) is 2. The van der Waals surface area contributed by atoms with Crippen molar-refractivity contribution in [3.63, 3.8) is 0 Å². The maximum atomic E-state index is 5.70. The highest BCUT2D eigenvalue weighted by Crippen LogP contribution is 2.28. The third-order valence-corrected chi connectivity index (χ3v) is 4.02. The smallest absolute Gasteiger partial charge is 0.191 e. The maximum Gasteiger partial charge on any atom is 0.191 e. The van der Waals surface area contributed by atoms with Crippen LogP contribution in [0.2, 0.25) is 0 Å². The zero-order valence-electron chi connectivity index (χ0n) is 17.6. The van der Waals surface area contributed by atoms with Crippen molar-refractivity contribution < 1.29 is 9.47 Å². The monoisotopic (exact) mass is 512 g/mol. The largest absolute Gasteiger partial charge is 0.490 e. The van der Waals surface area contributed by atoms with E-state index in [0.717, 1.165) is 49.1 Å². The van der Waals surface area contributed by atoms with Crippen LogP contribution in [0.1, 0.15) is 32.0 Å². The van der Waals surface area contributed by atoms with Gasteiger partial charge in [0.1, 0.15) is 0 Å². The summed E-state index contributed by atoms with van der Waals surface area (Å²) < 4.78 is 11.3. The highest BCUT2D eigenvalue weighted by atomic mass is 127. The Bertz CT molecular complexity index is 726. The standard InChI is InChI=1S/C22H32N4O2.HI/c1-4-23-22(26-16-13-19-9-7-8-14-24-19)25-15-12-18-10-11-20(27-5-2)21(17-18)28-6-3;/h7-11,14,17H,4-6,12-13,15-16H2,1-3H3,(H2,23,25,26);1H. The number of aromatic nitrogens is 1. The summed E-state index contributed by atoms with van der Waals surface area (Å²) in [6.45, 7) is 9.58. The van der Waals surface area contributed by atoms with E-state index in [2.05, 4.69) is 39.7 Å². The molecular weight excluding hydrogens is 479 g/mol. The van der Waals surface area contributed by atoms with E-state index >= 15 is 0 Å². The molecule has 0 aliphatic heterocycles. The molecule has 2 N–H and O–H groups in total. The second-order valence-corrected chi connectivity index (χ2v) is 6.16. The van der Waals surface area contributed by atoms with Crippen molar-refractivity contribution in [2.24, 2.45) is 4.99 Å². The Balaban J connectivity index is 0.00000420. The first-order chi connectivity index (χ1) is 13.8. The number of hydrogen-bond donors (Lipinski definition) is 2. The van der Waals surface area contributed by atoms with E-state index in [-0.39, 0.29) is 24.0 Å². The van der Waals surface area contributed by atoms with Gasteiger partial charge in [-0.15, -0.1) is 24.0 Å². The third-order valence-electron chi connectivity index (χ3n) is 4.02. The summed E-state index contributed by atoms with van der Waals surface area (Å²) in [5.41, 5.74) is 2.25. The first kappa shape index (κ1) is 25.0. The Morgan fingerprint density at radius 1 is 0.966 bits per heavy atom. The second kappa shape index (κ2) is 14.9. The summed E-state index contributed by atoms with van der Waals surface area (Å²) in [6, 6.07) is 12.1. The number of halogens is 1. The van der Waals surface area contributed by atoms with E-state index in [1.54, 1.807) is 0 Å². The molecule has 0 unspecified atom stereocenters. The van der Waals surface area contributed by atoms with E-state index in [0.29, 0.717) is 19.8 Å². The lowest BCUT2D eigenvalue weighted by atomic mass is 10.1. The molecule has 1 heterocycles. The first-order valence-electron chi connectivity index (χ1n) is 10.1. The van der Waals surface area contributed by atoms with Crippen LogP contribution in [-0.2, 0) is 12.8 Å². The molecule has 0 spiro atoms. The Morgan fingerprint density at radius 2 is 1.76 bits per heavy atom. The number of nitrogens with one attached hydrogen (secondary N) is 2. The van der Waals surface area contributed by atoms with Gasteiger partial charge >= 0.3 is 0 Å². The lowest BCUT2D eigenvalue weighted by molar-refractivity contribution is 0.287. The molecule has 1 aromatic carbocycles. The SMILES string of the molecule is CCNC(=NCCc1ccccn1)NCCc1ccc(OCC)c(OCC)c1.I. The number of ether oxygens (including phenoxy) is 2. The number of aliphatic imine (C=N–C) groups is 1. The zero-order chi connectivity index (χ0) is 20.0. The summed E-state index contributed by atoms with van der Waals surface area (Å²) >= 11 is 0. The van der Waals surface area contributed by atoms with Crippen LogP contribution in [0.5, 0.6) is 11.5 Å². The van der Waals surface area contributed by atoms with Gasteiger partial charge in [-0.05, 0) is 57.0 Å². The molecule has 6 nitrogen and oxygen atoms in total. The highest BCUT2D eigenvalue weighted by molar-refractivity contribution is 14.0. The van der Waals surface area contributed by atoms with Crippen molar-refractivity contribution in [2.45, 2.75) is 33.6 Å². The minimum Gasteiger partial charge on any atom is -0.490 e. The Labute approximate surface area is 191 Å². The van der Waals surface area contributed by atoms with E-state index in [1.165, 1.54) is 5.56 Å². The van der Waals surface area contributed by atoms with Gasteiger partial charge in [-0.2, -0.15) is 0 Å². The quantitative estimate of drug-likeness (QED) is 0.272. The molecule has 0 radical (unpaired) electrons. The number of hydrogen-bond acceptors (Lipinski definition) is 4. The maximum absolute atomic E-state index is 5.70. The minimum absolute atomic E-state index is 0. The van der Waals surface area contributed by atoms with Crippen molar-refractivity contribution in [1.29, 1.82) is 0 Å². The van der Waals surface area contributed by atoms with E-state index in [9.17, 15) is 0 Å². The molecule has 0 saturated carbocycles. The van der Waals surface area contributed by atoms with Gasteiger partial charge in [-0.1, -0.05) is 12.1 Å². The van der Waals surface area contributed by atoms with Crippen LogP contribution in [0.25, 0.3) is 0 Å². The van der Waals surface area contributed by atoms with Gasteiger partial charge in [0.25, 0.3) is 0 Å². The Hall–Kier alpha value is -2.03. The molecule has 0 fully saturated rings. The molecule has 1 aromatic heterocycles. The number of pyridine rings is 1. The molecule has 2 aromatic rings. The van der Waals surface area contributed by atoms with Gasteiger partial charge in [0.05, 0.1) is 13.2 Å². The molecule has 0 atom stereocenters. The normalized spacial score (nSPS) is 10.8. The Kier molecular flexibility index (Phi) is 12.8. The van der Waals surface area contributed by atoms with Crippen LogP contribution in [0.4, 0.5) is 0 Å². The van der Waals surface area contributed by atoms with Gasteiger partial charge in [0, 0.05) is 37.9 Å². The molecule has 0 amide bonds. The summed E-state index contributed by atoms with van der Waals surface area (Å²) in [5, 5.41) is 6.68. The van der Waals surface area contributed by atoms with Gasteiger partial charge < -0.3 is 20.1 Å². The predicted octanol–water partition coefficient (Wildman–Crippen LogP) is 3.84. The summed E-state index contributed by atoms with van der Waals surface area (Å²) in [5.74, 6) is 2.43. The number of guanidine groups is 1. The molecule has 7 heteroatoms. The highest BCUT2D eigenvalue weighted by Gasteiger charge is 2.06. The molecule has 0 saturated heterocycles. The fraction of sp³-hybridized carbons (Fsp3) is 0.455. The molecule has 0 bridgehead atoms. The van der Waals surface area contributed by atoms with Gasteiger partial charge in [-0.3, -0.25) is 9.98 Å². The van der Waals surface area contributed by atoms with Crippen LogP contribution in [0.3, 0.4) is 0 Å². The summed E-state index contributed by atoms with van der Waals surface area (Å²) in [7, 11) is 0. The fourth-order valence-corrected chi connectivity index (χ4v) is 2.75. The van der Waals surface area contributed by atoms with Gasteiger partial charge in [-0.25, -0.2) is 0 Å².